The van der Waals surface area contributed by atoms with Crippen LogP contribution in [0.2, 0.25) is 0 Å². The Labute approximate surface area is 114 Å². The summed E-state index contributed by atoms with van der Waals surface area (Å²) in [6.45, 7) is 6.18. The molecule has 4 heteroatoms. The molecule has 2 N–H and O–H groups in total. The Morgan fingerprint density at radius 2 is 1.89 bits per heavy atom. The zero-order valence-electron chi connectivity index (χ0n) is 11.6. The van der Waals surface area contributed by atoms with E-state index in [0.29, 0.717) is 6.54 Å². The molecule has 3 nitrogen and oxygen atoms in total. The number of nitrogens with two attached hydrogens (primary N) is 1. The van der Waals surface area contributed by atoms with Gasteiger partial charge in [-0.05, 0) is 50.6 Å². The standard InChI is InChI=1S/C15H23FN2O/c1-2-18(14-5-3-13(16)4-6-14)12-15(11-17)7-9-19-10-8-15/h3-6H,2,7-12,17H2,1H3. The van der Waals surface area contributed by atoms with Crippen molar-refractivity contribution in [1.82, 2.24) is 0 Å². The van der Waals surface area contributed by atoms with Crippen molar-refractivity contribution in [3.8, 4) is 0 Å². The fourth-order valence-electron chi connectivity index (χ4n) is 2.67. The molecule has 0 bridgehead atoms. The Morgan fingerprint density at radius 3 is 2.42 bits per heavy atom. The fraction of sp³-hybridized carbons (Fsp3) is 0.600. The first kappa shape index (κ1) is 14.3. The number of hydrogen-bond donors (Lipinski definition) is 1. The first-order valence-corrected chi connectivity index (χ1v) is 6.97. The number of halogens is 1. The molecule has 1 aromatic carbocycles. The van der Waals surface area contributed by atoms with Crippen LogP contribution >= 0.6 is 0 Å². The molecule has 1 aliphatic heterocycles. The average molecular weight is 266 g/mol. The number of rotatable bonds is 5. The largest absolute Gasteiger partial charge is 0.381 e. The Hall–Kier alpha value is -1.13. The third-order valence-electron chi connectivity index (χ3n) is 4.09. The summed E-state index contributed by atoms with van der Waals surface area (Å²) in [5.41, 5.74) is 7.19. The van der Waals surface area contributed by atoms with Gasteiger partial charge in [-0.1, -0.05) is 0 Å². The van der Waals surface area contributed by atoms with Crippen molar-refractivity contribution in [3.63, 3.8) is 0 Å². The van der Waals surface area contributed by atoms with Crippen LogP contribution in [0.4, 0.5) is 10.1 Å². The molecule has 1 aromatic rings. The number of anilines is 1. The SMILES string of the molecule is CCN(CC1(CN)CCOCC1)c1ccc(F)cc1. The van der Waals surface area contributed by atoms with Gasteiger partial charge >= 0.3 is 0 Å². The van der Waals surface area contributed by atoms with E-state index in [-0.39, 0.29) is 11.2 Å². The van der Waals surface area contributed by atoms with E-state index in [9.17, 15) is 4.39 Å². The van der Waals surface area contributed by atoms with Gasteiger partial charge in [0.2, 0.25) is 0 Å². The molecular formula is C15H23FN2O. The number of hydrogen-bond acceptors (Lipinski definition) is 3. The van der Waals surface area contributed by atoms with Crippen molar-refractivity contribution in [2.45, 2.75) is 19.8 Å². The van der Waals surface area contributed by atoms with Gasteiger partial charge in [-0.3, -0.25) is 0 Å². The van der Waals surface area contributed by atoms with Crippen LogP contribution in [0.25, 0.3) is 0 Å². The van der Waals surface area contributed by atoms with Crippen molar-refractivity contribution in [2.75, 3.05) is 37.7 Å². The highest BCUT2D eigenvalue weighted by Crippen LogP contribution is 2.32. The molecule has 0 unspecified atom stereocenters. The second kappa shape index (κ2) is 6.35. The molecule has 1 aliphatic rings. The number of ether oxygens (including phenoxy) is 1. The lowest BCUT2D eigenvalue weighted by molar-refractivity contribution is 0.0225. The van der Waals surface area contributed by atoms with E-state index in [2.05, 4.69) is 11.8 Å². The molecule has 0 aromatic heterocycles. The Bertz CT molecular complexity index is 388. The maximum Gasteiger partial charge on any atom is 0.123 e. The van der Waals surface area contributed by atoms with Crippen LogP contribution in [-0.4, -0.2) is 32.8 Å². The molecule has 2 rings (SSSR count). The van der Waals surface area contributed by atoms with Crippen molar-refractivity contribution >= 4 is 5.69 Å². The summed E-state index contributed by atoms with van der Waals surface area (Å²) < 4.78 is 18.4. The molecule has 1 saturated heterocycles. The lowest BCUT2D eigenvalue weighted by Gasteiger charge is -2.40. The molecule has 0 amide bonds. The van der Waals surface area contributed by atoms with E-state index in [4.69, 9.17) is 10.5 Å². The van der Waals surface area contributed by atoms with Gasteiger partial charge in [0.1, 0.15) is 5.82 Å². The van der Waals surface area contributed by atoms with Gasteiger partial charge in [-0.2, -0.15) is 0 Å². The minimum atomic E-state index is -0.195. The monoisotopic (exact) mass is 266 g/mol. The minimum Gasteiger partial charge on any atom is -0.381 e. The van der Waals surface area contributed by atoms with Gasteiger partial charge in [0, 0.05) is 37.4 Å². The van der Waals surface area contributed by atoms with E-state index in [1.54, 1.807) is 0 Å². The summed E-state index contributed by atoms with van der Waals surface area (Å²) in [5.74, 6) is -0.195. The molecule has 1 fully saturated rings. The molecule has 106 valence electrons. The maximum atomic E-state index is 13.0. The van der Waals surface area contributed by atoms with Crippen LogP contribution in [0.5, 0.6) is 0 Å². The average Bonchev–Trinajstić information content (AvgIpc) is 2.47. The predicted molar refractivity (Wildman–Crippen MR) is 75.8 cm³/mol. The highest BCUT2D eigenvalue weighted by molar-refractivity contribution is 5.46. The summed E-state index contributed by atoms with van der Waals surface area (Å²) in [6, 6.07) is 6.69. The molecule has 0 atom stereocenters. The van der Waals surface area contributed by atoms with Gasteiger partial charge in [0.15, 0.2) is 0 Å². The van der Waals surface area contributed by atoms with Crippen LogP contribution < -0.4 is 10.6 Å². The molecule has 1 heterocycles. The van der Waals surface area contributed by atoms with Crippen LogP contribution in [0, 0.1) is 11.2 Å². The molecule has 19 heavy (non-hydrogen) atoms. The lowest BCUT2D eigenvalue weighted by atomic mass is 9.79. The molecular weight excluding hydrogens is 243 g/mol. The molecule has 0 radical (unpaired) electrons. The third kappa shape index (κ3) is 3.45. The molecule has 0 spiro atoms. The third-order valence-corrected chi connectivity index (χ3v) is 4.09. The van der Waals surface area contributed by atoms with Gasteiger partial charge in [0.25, 0.3) is 0 Å². The van der Waals surface area contributed by atoms with Gasteiger partial charge in [-0.25, -0.2) is 4.39 Å². The summed E-state index contributed by atoms with van der Waals surface area (Å²) in [7, 11) is 0. The second-order valence-corrected chi connectivity index (χ2v) is 5.31. The predicted octanol–water partition coefficient (Wildman–Crippen LogP) is 2.41. The van der Waals surface area contributed by atoms with Crippen LogP contribution in [-0.2, 0) is 4.74 Å². The summed E-state index contributed by atoms with van der Waals surface area (Å²) >= 11 is 0. The second-order valence-electron chi connectivity index (χ2n) is 5.31. The number of benzene rings is 1. The fourth-order valence-corrected chi connectivity index (χ4v) is 2.67. The normalized spacial score (nSPS) is 18.3. The molecule has 0 aliphatic carbocycles. The van der Waals surface area contributed by atoms with Crippen molar-refractivity contribution < 1.29 is 9.13 Å². The zero-order chi connectivity index (χ0) is 13.7. The highest BCUT2D eigenvalue weighted by Gasteiger charge is 2.33. The van der Waals surface area contributed by atoms with E-state index in [1.165, 1.54) is 12.1 Å². The van der Waals surface area contributed by atoms with Crippen LogP contribution in [0.3, 0.4) is 0 Å². The van der Waals surface area contributed by atoms with E-state index >= 15 is 0 Å². The van der Waals surface area contributed by atoms with Crippen LogP contribution in [0.15, 0.2) is 24.3 Å². The lowest BCUT2D eigenvalue weighted by Crippen LogP contribution is -2.46. The minimum absolute atomic E-state index is 0.128. The van der Waals surface area contributed by atoms with Crippen molar-refractivity contribution in [2.24, 2.45) is 11.1 Å². The molecule has 0 saturated carbocycles. The van der Waals surface area contributed by atoms with Gasteiger partial charge < -0.3 is 15.4 Å². The summed E-state index contributed by atoms with van der Waals surface area (Å²) in [5, 5.41) is 0. The Morgan fingerprint density at radius 1 is 1.26 bits per heavy atom. The van der Waals surface area contributed by atoms with E-state index < -0.39 is 0 Å². The Balaban J connectivity index is 2.11. The quantitative estimate of drug-likeness (QED) is 0.889. The van der Waals surface area contributed by atoms with E-state index in [0.717, 1.165) is 44.8 Å². The maximum absolute atomic E-state index is 13.0. The van der Waals surface area contributed by atoms with E-state index in [1.807, 2.05) is 12.1 Å². The van der Waals surface area contributed by atoms with Crippen LogP contribution in [0.1, 0.15) is 19.8 Å². The number of nitrogens with zero attached hydrogens (tertiary/aromatic N) is 1. The summed E-state index contributed by atoms with van der Waals surface area (Å²) in [6.07, 6.45) is 2.00. The van der Waals surface area contributed by atoms with Gasteiger partial charge in [-0.15, -0.1) is 0 Å². The first-order valence-electron chi connectivity index (χ1n) is 6.97. The van der Waals surface area contributed by atoms with Crippen molar-refractivity contribution in [3.05, 3.63) is 30.1 Å². The topological polar surface area (TPSA) is 38.5 Å². The first-order chi connectivity index (χ1) is 9.19. The van der Waals surface area contributed by atoms with Gasteiger partial charge in [0.05, 0.1) is 0 Å². The summed E-state index contributed by atoms with van der Waals surface area (Å²) in [4.78, 5) is 2.28. The van der Waals surface area contributed by atoms with Crippen molar-refractivity contribution in [1.29, 1.82) is 0 Å². The highest BCUT2D eigenvalue weighted by atomic mass is 19.1. The Kier molecular flexibility index (Phi) is 4.77. The smallest absolute Gasteiger partial charge is 0.123 e. The zero-order valence-corrected chi connectivity index (χ0v) is 11.6.